The second-order valence-corrected chi connectivity index (χ2v) is 9.50. The quantitative estimate of drug-likeness (QED) is 0.193. The minimum absolute atomic E-state index is 0.0531. The molecular formula is C21H40N4O6S. The zero-order valence-electron chi connectivity index (χ0n) is 19.9. The van der Waals surface area contributed by atoms with Crippen molar-refractivity contribution in [1.82, 2.24) is 16.0 Å². The summed E-state index contributed by atoms with van der Waals surface area (Å²) in [4.78, 5) is 49.7. The molecule has 0 aliphatic heterocycles. The monoisotopic (exact) mass is 476 g/mol. The molecule has 0 radical (unpaired) electrons. The smallest absolute Gasteiger partial charge is 0.326 e. The van der Waals surface area contributed by atoms with Crippen molar-refractivity contribution in [3.05, 3.63) is 0 Å². The molecule has 0 aromatic heterocycles. The molecule has 0 saturated heterocycles. The maximum atomic E-state index is 13.0. The van der Waals surface area contributed by atoms with Crippen LogP contribution in [0.5, 0.6) is 0 Å². The van der Waals surface area contributed by atoms with E-state index in [1.54, 1.807) is 6.92 Å². The molecule has 0 aromatic carbocycles. The van der Waals surface area contributed by atoms with Crippen LogP contribution in [0.25, 0.3) is 0 Å². The fourth-order valence-corrected chi connectivity index (χ4v) is 3.37. The molecule has 32 heavy (non-hydrogen) atoms. The Labute approximate surface area is 194 Å². The first-order chi connectivity index (χ1) is 14.8. The number of aliphatic hydroxyl groups excluding tert-OH is 1. The summed E-state index contributed by atoms with van der Waals surface area (Å²) in [6, 6.07) is -4.19. The zero-order valence-corrected chi connectivity index (χ0v) is 20.7. The molecule has 3 amide bonds. The van der Waals surface area contributed by atoms with Gasteiger partial charge in [0.05, 0.1) is 6.10 Å². The molecule has 0 aliphatic carbocycles. The number of hydrogen-bond acceptors (Lipinski definition) is 7. The summed E-state index contributed by atoms with van der Waals surface area (Å²) in [5, 5.41) is 26.7. The molecule has 0 saturated carbocycles. The van der Waals surface area contributed by atoms with Crippen LogP contribution in [-0.2, 0) is 19.2 Å². The molecule has 0 spiro atoms. The number of amides is 3. The van der Waals surface area contributed by atoms with Gasteiger partial charge in [-0.1, -0.05) is 34.1 Å². The maximum Gasteiger partial charge on any atom is 0.326 e. The van der Waals surface area contributed by atoms with Gasteiger partial charge in [-0.3, -0.25) is 14.4 Å². The largest absolute Gasteiger partial charge is 0.480 e. The Kier molecular flexibility index (Phi) is 14.2. The van der Waals surface area contributed by atoms with Gasteiger partial charge >= 0.3 is 5.97 Å². The zero-order chi connectivity index (χ0) is 25.0. The molecule has 0 bridgehead atoms. The summed E-state index contributed by atoms with van der Waals surface area (Å²) < 4.78 is 0. The summed E-state index contributed by atoms with van der Waals surface area (Å²) >= 11 is 1.49. The summed E-state index contributed by atoms with van der Waals surface area (Å²) in [5.41, 5.74) is 5.66. The number of aliphatic carboxylic acids is 1. The molecular weight excluding hydrogens is 436 g/mol. The van der Waals surface area contributed by atoms with Crippen LogP contribution in [0.2, 0.25) is 0 Å². The van der Waals surface area contributed by atoms with Gasteiger partial charge in [0, 0.05) is 0 Å². The third kappa shape index (κ3) is 10.6. The van der Waals surface area contributed by atoms with Crippen molar-refractivity contribution in [2.75, 3.05) is 12.0 Å². The fraction of sp³-hybridized carbons (Fsp3) is 0.810. The molecule has 0 fully saturated rings. The van der Waals surface area contributed by atoms with E-state index in [-0.39, 0.29) is 18.3 Å². The van der Waals surface area contributed by atoms with E-state index < -0.39 is 54.0 Å². The van der Waals surface area contributed by atoms with Crippen LogP contribution in [-0.4, -0.2) is 76.2 Å². The van der Waals surface area contributed by atoms with Gasteiger partial charge in [0.15, 0.2) is 0 Å². The number of carbonyl (C=O) groups excluding carboxylic acids is 3. The van der Waals surface area contributed by atoms with Crippen LogP contribution < -0.4 is 21.7 Å². The normalized spacial score (nSPS) is 16.9. The van der Waals surface area contributed by atoms with E-state index in [2.05, 4.69) is 16.0 Å². The Bertz CT molecular complexity index is 631. The van der Waals surface area contributed by atoms with Gasteiger partial charge in [-0.05, 0) is 43.6 Å². The lowest BCUT2D eigenvalue weighted by molar-refractivity contribution is -0.143. The average Bonchev–Trinajstić information content (AvgIpc) is 2.72. The summed E-state index contributed by atoms with van der Waals surface area (Å²) in [5.74, 6) is -2.62. The predicted molar refractivity (Wildman–Crippen MR) is 125 cm³/mol. The Morgan fingerprint density at radius 2 is 1.50 bits per heavy atom. The minimum Gasteiger partial charge on any atom is -0.480 e. The van der Waals surface area contributed by atoms with E-state index in [1.165, 1.54) is 18.7 Å². The van der Waals surface area contributed by atoms with Gasteiger partial charge in [-0.15, -0.1) is 0 Å². The molecule has 7 N–H and O–H groups in total. The Balaban J connectivity index is 5.52. The predicted octanol–water partition coefficient (Wildman–Crippen LogP) is 0.0788. The molecule has 6 atom stereocenters. The fourth-order valence-electron chi connectivity index (χ4n) is 2.90. The number of carboxylic acid groups (broad SMARTS) is 1. The van der Waals surface area contributed by atoms with E-state index in [1.807, 2.05) is 27.0 Å². The first kappa shape index (κ1) is 30.1. The summed E-state index contributed by atoms with van der Waals surface area (Å²) in [6.45, 7) is 8.72. The van der Waals surface area contributed by atoms with Crippen LogP contribution in [0.15, 0.2) is 0 Å². The Morgan fingerprint density at radius 1 is 0.938 bits per heavy atom. The number of carboxylic acids is 1. The van der Waals surface area contributed by atoms with Crippen molar-refractivity contribution < 1.29 is 29.4 Å². The Morgan fingerprint density at radius 3 is 1.94 bits per heavy atom. The lowest BCUT2D eigenvalue weighted by Gasteiger charge is -2.28. The minimum atomic E-state index is -1.19. The van der Waals surface area contributed by atoms with E-state index in [4.69, 9.17) is 5.73 Å². The highest BCUT2D eigenvalue weighted by Crippen LogP contribution is 2.12. The van der Waals surface area contributed by atoms with Crippen molar-refractivity contribution in [2.45, 2.75) is 84.2 Å². The number of thioether (sulfide) groups is 1. The first-order valence-corrected chi connectivity index (χ1v) is 12.3. The third-order valence-electron chi connectivity index (χ3n) is 5.18. The van der Waals surface area contributed by atoms with Crippen LogP contribution in [0.1, 0.15) is 53.9 Å². The average molecular weight is 477 g/mol. The standard InChI is InChI=1S/C21H40N4O6S/c1-7-12(4)17(20(29)24-15(21(30)31)10-11(2)3)25-18(27)14(8-9-32-6)23-19(28)16(22)13(5)26/h11-17,26H,7-10,22H2,1-6H3,(H,23,28)(H,24,29)(H,25,27)(H,30,31). The number of nitrogens with two attached hydrogens (primary N) is 1. The molecule has 10 nitrogen and oxygen atoms in total. The van der Waals surface area contributed by atoms with Crippen molar-refractivity contribution in [1.29, 1.82) is 0 Å². The first-order valence-electron chi connectivity index (χ1n) is 10.9. The lowest BCUT2D eigenvalue weighted by Crippen LogP contribution is -2.59. The van der Waals surface area contributed by atoms with Crippen LogP contribution in [0, 0.1) is 11.8 Å². The van der Waals surface area contributed by atoms with Crippen LogP contribution in [0.3, 0.4) is 0 Å². The highest BCUT2D eigenvalue weighted by molar-refractivity contribution is 7.98. The molecule has 0 aliphatic rings. The van der Waals surface area contributed by atoms with Crippen molar-refractivity contribution >= 4 is 35.5 Å². The van der Waals surface area contributed by atoms with E-state index in [9.17, 15) is 29.4 Å². The Hall–Kier alpha value is -1.85. The van der Waals surface area contributed by atoms with Gasteiger partial charge < -0.3 is 31.9 Å². The van der Waals surface area contributed by atoms with Crippen LogP contribution in [0.4, 0.5) is 0 Å². The molecule has 6 unspecified atom stereocenters. The molecule has 11 heteroatoms. The van der Waals surface area contributed by atoms with E-state index in [0.717, 1.165) is 0 Å². The summed E-state index contributed by atoms with van der Waals surface area (Å²) in [6.07, 6.45) is 1.88. The van der Waals surface area contributed by atoms with Crippen molar-refractivity contribution in [2.24, 2.45) is 17.6 Å². The second-order valence-electron chi connectivity index (χ2n) is 8.51. The van der Waals surface area contributed by atoms with Gasteiger partial charge in [0.25, 0.3) is 0 Å². The molecule has 0 aromatic rings. The SMILES string of the molecule is CCC(C)C(NC(=O)C(CCSC)NC(=O)C(N)C(C)O)C(=O)NC(CC(C)C)C(=O)O. The van der Waals surface area contributed by atoms with E-state index in [0.29, 0.717) is 18.6 Å². The van der Waals surface area contributed by atoms with Crippen LogP contribution >= 0.6 is 11.8 Å². The number of nitrogens with one attached hydrogen (secondary N) is 3. The highest BCUT2D eigenvalue weighted by Gasteiger charge is 2.33. The number of aliphatic hydroxyl groups is 1. The van der Waals surface area contributed by atoms with Crippen molar-refractivity contribution in [3.8, 4) is 0 Å². The molecule has 0 rings (SSSR count). The maximum absolute atomic E-state index is 13.0. The van der Waals surface area contributed by atoms with Gasteiger partial charge in [-0.25, -0.2) is 4.79 Å². The van der Waals surface area contributed by atoms with E-state index >= 15 is 0 Å². The third-order valence-corrected chi connectivity index (χ3v) is 5.82. The lowest BCUT2D eigenvalue weighted by atomic mass is 9.96. The molecule has 186 valence electrons. The number of carbonyl (C=O) groups is 4. The van der Waals surface area contributed by atoms with Crippen molar-refractivity contribution in [3.63, 3.8) is 0 Å². The number of hydrogen-bond donors (Lipinski definition) is 6. The topological polar surface area (TPSA) is 171 Å². The molecule has 0 heterocycles. The second kappa shape index (κ2) is 15.1. The highest BCUT2D eigenvalue weighted by atomic mass is 32.2. The van der Waals surface area contributed by atoms with Gasteiger partial charge in [0.2, 0.25) is 17.7 Å². The van der Waals surface area contributed by atoms with Gasteiger partial charge in [0.1, 0.15) is 24.2 Å². The van der Waals surface area contributed by atoms with Gasteiger partial charge in [-0.2, -0.15) is 11.8 Å². The number of rotatable bonds is 15. The summed E-state index contributed by atoms with van der Waals surface area (Å²) in [7, 11) is 0.